The zero-order chi connectivity index (χ0) is 13.7. The SMILES string of the molecule is O=CNc1cc(F)c(OCC2CCOCC2)c(F)c1. The Labute approximate surface area is 109 Å². The van der Waals surface area contributed by atoms with Crippen LogP contribution in [0.5, 0.6) is 5.75 Å². The molecule has 0 atom stereocenters. The van der Waals surface area contributed by atoms with Crippen molar-refractivity contribution in [2.75, 3.05) is 25.1 Å². The van der Waals surface area contributed by atoms with E-state index in [0.717, 1.165) is 25.0 Å². The van der Waals surface area contributed by atoms with Gasteiger partial charge in [-0.1, -0.05) is 0 Å². The zero-order valence-corrected chi connectivity index (χ0v) is 10.3. The van der Waals surface area contributed by atoms with Crippen molar-refractivity contribution in [1.82, 2.24) is 0 Å². The van der Waals surface area contributed by atoms with Gasteiger partial charge in [0.2, 0.25) is 6.41 Å². The van der Waals surface area contributed by atoms with Gasteiger partial charge in [-0.25, -0.2) is 8.78 Å². The number of benzene rings is 1. The lowest BCUT2D eigenvalue weighted by molar-refractivity contribution is -0.105. The topological polar surface area (TPSA) is 47.6 Å². The van der Waals surface area contributed by atoms with Gasteiger partial charge >= 0.3 is 0 Å². The molecule has 104 valence electrons. The maximum atomic E-state index is 13.6. The van der Waals surface area contributed by atoms with Crippen LogP contribution in [0.4, 0.5) is 14.5 Å². The summed E-state index contributed by atoms with van der Waals surface area (Å²) in [6.07, 6.45) is 2.01. The molecule has 0 unspecified atom stereocenters. The van der Waals surface area contributed by atoms with E-state index in [9.17, 15) is 13.6 Å². The van der Waals surface area contributed by atoms with Crippen LogP contribution in [-0.4, -0.2) is 26.2 Å². The van der Waals surface area contributed by atoms with Crippen molar-refractivity contribution < 1.29 is 23.0 Å². The number of anilines is 1. The van der Waals surface area contributed by atoms with Gasteiger partial charge in [-0.2, -0.15) is 0 Å². The van der Waals surface area contributed by atoms with E-state index < -0.39 is 17.4 Å². The summed E-state index contributed by atoms with van der Waals surface area (Å²) in [5, 5.41) is 2.19. The number of carbonyl (C=O) groups excluding carboxylic acids is 1. The molecule has 0 bridgehead atoms. The molecule has 0 aromatic heterocycles. The van der Waals surface area contributed by atoms with E-state index in [1.165, 1.54) is 0 Å². The van der Waals surface area contributed by atoms with Crippen LogP contribution >= 0.6 is 0 Å². The van der Waals surface area contributed by atoms with Crippen molar-refractivity contribution in [2.24, 2.45) is 5.92 Å². The Kier molecular flexibility index (Phi) is 4.68. The first-order chi connectivity index (χ1) is 9.20. The number of nitrogens with one attached hydrogen (secondary N) is 1. The van der Waals surface area contributed by atoms with Crippen molar-refractivity contribution in [3.8, 4) is 5.75 Å². The van der Waals surface area contributed by atoms with Gasteiger partial charge in [0.1, 0.15) is 0 Å². The molecule has 0 spiro atoms. The van der Waals surface area contributed by atoms with E-state index in [4.69, 9.17) is 9.47 Å². The van der Waals surface area contributed by atoms with Crippen molar-refractivity contribution in [3.63, 3.8) is 0 Å². The second kappa shape index (κ2) is 6.47. The summed E-state index contributed by atoms with van der Waals surface area (Å²) in [7, 11) is 0. The molecule has 0 radical (unpaired) electrons. The number of halogens is 2. The fourth-order valence-electron chi connectivity index (χ4n) is 1.96. The number of hydrogen-bond donors (Lipinski definition) is 1. The fraction of sp³-hybridized carbons (Fsp3) is 0.462. The summed E-state index contributed by atoms with van der Waals surface area (Å²) in [5.74, 6) is -1.80. The third-order valence-corrected chi connectivity index (χ3v) is 3.03. The number of ether oxygens (including phenoxy) is 2. The van der Waals surface area contributed by atoms with Crippen molar-refractivity contribution >= 4 is 12.1 Å². The van der Waals surface area contributed by atoms with Crippen LogP contribution in [0.25, 0.3) is 0 Å². The molecule has 2 rings (SSSR count). The quantitative estimate of drug-likeness (QED) is 0.836. The first kappa shape index (κ1) is 13.7. The molecule has 1 aliphatic heterocycles. The van der Waals surface area contributed by atoms with Gasteiger partial charge in [-0.3, -0.25) is 4.79 Å². The van der Waals surface area contributed by atoms with Crippen molar-refractivity contribution in [3.05, 3.63) is 23.8 Å². The minimum absolute atomic E-state index is 0.0587. The smallest absolute Gasteiger partial charge is 0.211 e. The van der Waals surface area contributed by atoms with Gasteiger partial charge in [-0.05, 0) is 18.8 Å². The molecule has 1 aliphatic rings. The third-order valence-electron chi connectivity index (χ3n) is 3.03. The number of hydrogen-bond acceptors (Lipinski definition) is 3. The molecular weight excluding hydrogens is 256 g/mol. The maximum absolute atomic E-state index is 13.6. The summed E-state index contributed by atoms with van der Waals surface area (Å²) in [5.41, 5.74) is 0.0587. The van der Waals surface area contributed by atoms with E-state index in [0.29, 0.717) is 19.6 Å². The molecule has 1 amide bonds. The van der Waals surface area contributed by atoms with Gasteiger partial charge in [0, 0.05) is 31.0 Å². The predicted molar refractivity (Wildman–Crippen MR) is 65.1 cm³/mol. The number of carbonyl (C=O) groups is 1. The van der Waals surface area contributed by atoms with Crippen LogP contribution in [0, 0.1) is 17.6 Å². The molecule has 0 saturated carbocycles. The molecule has 6 heteroatoms. The van der Waals surface area contributed by atoms with Gasteiger partial charge in [0.05, 0.1) is 6.61 Å². The maximum Gasteiger partial charge on any atom is 0.211 e. The van der Waals surface area contributed by atoms with Gasteiger partial charge in [0.25, 0.3) is 0 Å². The van der Waals surface area contributed by atoms with Crippen LogP contribution in [0.1, 0.15) is 12.8 Å². The lowest BCUT2D eigenvalue weighted by Gasteiger charge is -2.22. The largest absolute Gasteiger partial charge is 0.487 e. The number of rotatable bonds is 5. The minimum Gasteiger partial charge on any atom is -0.487 e. The molecule has 1 aromatic rings. The van der Waals surface area contributed by atoms with Gasteiger partial charge in [0.15, 0.2) is 17.4 Å². The first-order valence-electron chi connectivity index (χ1n) is 6.10. The Hall–Kier alpha value is -1.69. The first-order valence-corrected chi connectivity index (χ1v) is 6.10. The molecule has 1 N–H and O–H groups in total. The Morgan fingerprint density at radius 1 is 1.32 bits per heavy atom. The van der Waals surface area contributed by atoms with E-state index in [1.807, 2.05) is 0 Å². The standard InChI is InChI=1S/C13H15F2NO3/c14-11-5-10(16-8-17)6-12(15)13(11)19-7-9-1-3-18-4-2-9/h5-6,8-9H,1-4,7H2,(H,16,17). The van der Waals surface area contributed by atoms with Gasteiger partial charge in [-0.15, -0.1) is 0 Å². The van der Waals surface area contributed by atoms with E-state index in [-0.39, 0.29) is 18.2 Å². The highest BCUT2D eigenvalue weighted by Crippen LogP contribution is 2.27. The normalized spacial score (nSPS) is 16.1. The third kappa shape index (κ3) is 3.64. The summed E-state index contributed by atoms with van der Waals surface area (Å²) in [6, 6.07) is 2.05. The molecule has 19 heavy (non-hydrogen) atoms. The average Bonchev–Trinajstić information content (AvgIpc) is 2.39. The van der Waals surface area contributed by atoms with E-state index in [2.05, 4.69) is 5.32 Å². The Morgan fingerprint density at radius 3 is 2.53 bits per heavy atom. The second-order valence-electron chi connectivity index (χ2n) is 4.40. The van der Waals surface area contributed by atoms with Crippen LogP contribution in [0.15, 0.2) is 12.1 Å². The average molecular weight is 271 g/mol. The highest BCUT2D eigenvalue weighted by Gasteiger charge is 2.18. The van der Waals surface area contributed by atoms with E-state index in [1.54, 1.807) is 0 Å². The van der Waals surface area contributed by atoms with E-state index >= 15 is 0 Å². The summed E-state index contributed by atoms with van der Waals surface area (Å²) in [6.45, 7) is 1.57. The van der Waals surface area contributed by atoms with Gasteiger partial charge < -0.3 is 14.8 Å². The summed E-state index contributed by atoms with van der Waals surface area (Å²) < 4.78 is 37.7. The Balaban J connectivity index is 2.01. The highest BCUT2D eigenvalue weighted by molar-refractivity contribution is 5.71. The minimum atomic E-state index is -0.823. The summed E-state index contributed by atoms with van der Waals surface area (Å²) in [4.78, 5) is 10.2. The van der Waals surface area contributed by atoms with Crippen LogP contribution in [0.2, 0.25) is 0 Å². The Bertz CT molecular complexity index is 425. The van der Waals surface area contributed by atoms with Crippen LogP contribution in [-0.2, 0) is 9.53 Å². The fourth-order valence-corrected chi connectivity index (χ4v) is 1.96. The highest BCUT2D eigenvalue weighted by atomic mass is 19.1. The van der Waals surface area contributed by atoms with Crippen molar-refractivity contribution in [1.29, 1.82) is 0 Å². The summed E-state index contributed by atoms with van der Waals surface area (Å²) >= 11 is 0. The zero-order valence-electron chi connectivity index (χ0n) is 10.3. The number of amides is 1. The molecule has 1 aromatic carbocycles. The molecule has 1 fully saturated rings. The molecular formula is C13H15F2NO3. The Morgan fingerprint density at radius 2 is 1.95 bits per heavy atom. The molecule has 1 heterocycles. The molecule has 1 saturated heterocycles. The predicted octanol–water partition coefficient (Wildman–Crippen LogP) is 2.34. The van der Waals surface area contributed by atoms with Crippen molar-refractivity contribution in [2.45, 2.75) is 12.8 Å². The van der Waals surface area contributed by atoms with Crippen LogP contribution in [0.3, 0.4) is 0 Å². The van der Waals surface area contributed by atoms with Crippen LogP contribution < -0.4 is 10.1 Å². The monoisotopic (exact) mass is 271 g/mol. The molecule has 4 nitrogen and oxygen atoms in total. The lowest BCUT2D eigenvalue weighted by atomic mass is 10.0. The lowest BCUT2D eigenvalue weighted by Crippen LogP contribution is -2.22. The second-order valence-corrected chi connectivity index (χ2v) is 4.40. The molecule has 0 aliphatic carbocycles.